The number of aryl methyl sites for hydroxylation is 2. The van der Waals surface area contributed by atoms with Gasteiger partial charge >= 0.3 is 0 Å². The van der Waals surface area contributed by atoms with Crippen LogP contribution in [0, 0.1) is 13.8 Å². The molecule has 0 saturated carbocycles. The number of piperidine rings is 1. The molecule has 1 saturated heterocycles. The summed E-state index contributed by atoms with van der Waals surface area (Å²) in [6, 6.07) is 9.87. The van der Waals surface area contributed by atoms with Crippen molar-refractivity contribution in [2.45, 2.75) is 58.7 Å². The zero-order valence-electron chi connectivity index (χ0n) is 22.8. The van der Waals surface area contributed by atoms with Crippen LogP contribution in [0.4, 0.5) is 17.5 Å². The fourth-order valence-electron chi connectivity index (χ4n) is 5.64. The Labute approximate surface area is 229 Å². The summed E-state index contributed by atoms with van der Waals surface area (Å²) in [5.74, 6) is 0.659. The number of carbonyl (C=O) groups excluding carboxylic acids is 1. The average Bonchev–Trinajstić information content (AvgIpc) is 2.86. The van der Waals surface area contributed by atoms with Crippen LogP contribution in [-0.4, -0.2) is 70.5 Å². The molecule has 0 spiro atoms. The molecule has 4 heterocycles. The van der Waals surface area contributed by atoms with Crippen LogP contribution in [0.5, 0.6) is 0 Å². The summed E-state index contributed by atoms with van der Waals surface area (Å²) in [4.78, 5) is 31.0. The van der Waals surface area contributed by atoms with E-state index in [1.54, 1.807) is 6.07 Å². The van der Waals surface area contributed by atoms with Crippen molar-refractivity contribution in [2.24, 2.45) is 0 Å². The van der Waals surface area contributed by atoms with Gasteiger partial charge in [-0.25, -0.2) is 23.4 Å². The quantitative estimate of drug-likeness (QED) is 0.478. The lowest BCUT2D eigenvalue weighted by atomic mass is 9.94. The van der Waals surface area contributed by atoms with E-state index in [9.17, 15) is 13.2 Å². The molecule has 11 heteroatoms. The van der Waals surface area contributed by atoms with Crippen LogP contribution in [0.25, 0.3) is 0 Å². The van der Waals surface area contributed by atoms with Gasteiger partial charge in [0.05, 0.1) is 11.9 Å². The Morgan fingerprint density at radius 2 is 1.85 bits per heavy atom. The Kier molecular flexibility index (Phi) is 7.55. The highest BCUT2D eigenvalue weighted by Gasteiger charge is 2.34. The van der Waals surface area contributed by atoms with Gasteiger partial charge in [-0.3, -0.25) is 14.4 Å². The average molecular weight is 550 g/mol. The second kappa shape index (κ2) is 10.9. The number of fused-ring (bicyclic) bond motifs is 1. The third-order valence-corrected chi connectivity index (χ3v) is 7.94. The lowest BCUT2D eigenvalue weighted by Crippen LogP contribution is -2.52. The first-order valence-corrected chi connectivity index (χ1v) is 15.1. The molecule has 10 nitrogen and oxygen atoms in total. The predicted octanol–water partition coefficient (Wildman–Crippen LogP) is 3.65. The largest absolute Gasteiger partial charge is 0.336 e. The van der Waals surface area contributed by atoms with Crippen molar-refractivity contribution in [3.8, 4) is 0 Å². The number of likely N-dealkylation sites (tertiary alicyclic amines) is 1. The topological polar surface area (TPSA) is 120 Å². The molecular weight excluding hydrogens is 514 g/mol. The van der Waals surface area contributed by atoms with E-state index in [1.807, 2.05) is 11.1 Å². The van der Waals surface area contributed by atoms with Gasteiger partial charge in [-0.05, 0) is 69.0 Å². The van der Waals surface area contributed by atoms with Crippen molar-refractivity contribution >= 4 is 33.4 Å². The standard InChI is InChI=1S/C28H35N7O3S/c1-18-11-19(2)13-23(12-18)31-28-30-16-22-17-34(9-7-25(22)32-28)24-6-10-35(20(3)14-24)27(36)21-5-8-29-26(15-21)33-39(4,37)38/h5,8,11-13,15-16,20,24H,6-7,9-10,14,17H2,1-4H3,(H,29,33)(H,30,31,32)/t20-,24-/m1/s1. The number of sulfonamides is 1. The zero-order valence-corrected chi connectivity index (χ0v) is 23.6. The molecule has 2 aliphatic rings. The van der Waals surface area contributed by atoms with E-state index in [0.717, 1.165) is 55.6 Å². The predicted molar refractivity (Wildman–Crippen MR) is 152 cm³/mol. The van der Waals surface area contributed by atoms with Crippen molar-refractivity contribution in [3.63, 3.8) is 0 Å². The lowest BCUT2D eigenvalue weighted by Gasteiger charge is -2.43. The minimum atomic E-state index is -3.47. The first-order chi connectivity index (χ1) is 18.5. The summed E-state index contributed by atoms with van der Waals surface area (Å²) in [6.07, 6.45) is 7.05. The molecule has 0 bridgehead atoms. The third kappa shape index (κ3) is 6.54. The van der Waals surface area contributed by atoms with E-state index in [2.05, 4.69) is 63.9 Å². The molecule has 2 N–H and O–H groups in total. The minimum absolute atomic E-state index is 0.0535. The zero-order chi connectivity index (χ0) is 27.7. The molecule has 1 amide bonds. The maximum absolute atomic E-state index is 13.3. The molecule has 39 heavy (non-hydrogen) atoms. The van der Waals surface area contributed by atoms with E-state index in [0.29, 0.717) is 24.1 Å². The monoisotopic (exact) mass is 549 g/mol. The molecule has 0 aliphatic carbocycles. The summed E-state index contributed by atoms with van der Waals surface area (Å²) >= 11 is 0. The number of hydrogen-bond acceptors (Lipinski definition) is 8. The van der Waals surface area contributed by atoms with E-state index >= 15 is 0 Å². The third-order valence-electron chi connectivity index (χ3n) is 7.36. The van der Waals surface area contributed by atoms with Crippen molar-refractivity contribution < 1.29 is 13.2 Å². The second-order valence-electron chi connectivity index (χ2n) is 10.7. The maximum atomic E-state index is 13.3. The van der Waals surface area contributed by atoms with Crippen molar-refractivity contribution in [1.82, 2.24) is 24.8 Å². The van der Waals surface area contributed by atoms with Crippen LogP contribution < -0.4 is 10.0 Å². The minimum Gasteiger partial charge on any atom is -0.336 e. The van der Waals surface area contributed by atoms with Crippen LogP contribution in [0.3, 0.4) is 0 Å². The summed E-state index contributed by atoms with van der Waals surface area (Å²) < 4.78 is 25.4. The van der Waals surface area contributed by atoms with Gasteiger partial charge in [-0.15, -0.1) is 0 Å². The van der Waals surface area contributed by atoms with Gasteiger partial charge in [0.1, 0.15) is 5.82 Å². The van der Waals surface area contributed by atoms with Gasteiger partial charge in [-0.2, -0.15) is 0 Å². The molecule has 5 rings (SSSR count). The normalized spacial score (nSPS) is 19.8. The summed E-state index contributed by atoms with van der Waals surface area (Å²) in [7, 11) is -3.47. The number of carbonyl (C=O) groups is 1. The molecule has 1 fully saturated rings. The fourth-order valence-corrected chi connectivity index (χ4v) is 6.13. The molecule has 1 aromatic carbocycles. The van der Waals surface area contributed by atoms with Gasteiger partial charge in [0.2, 0.25) is 16.0 Å². The fraction of sp³-hybridized carbons (Fsp3) is 0.429. The number of rotatable bonds is 6. The molecule has 0 radical (unpaired) electrons. The van der Waals surface area contributed by atoms with E-state index < -0.39 is 10.0 Å². The number of nitrogens with one attached hydrogen (secondary N) is 2. The number of nitrogens with zero attached hydrogens (tertiary/aromatic N) is 5. The molecule has 206 valence electrons. The highest BCUT2D eigenvalue weighted by molar-refractivity contribution is 7.92. The van der Waals surface area contributed by atoms with Gasteiger partial charge in [0.15, 0.2) is 0 Å². The first kappa shape index (κ1) is 27.0. The van der Waals surface area contributed by atoms with Crippen LogP contribution in [0.1, 0.15) is 52.5 Å². The Morgan fingerprint density at radius 3 is 2.56 bits per heavy atom. The molecule has 2 aliphatic heterocycles. The van der Waals surface area contributed by atoms with Crippen LogP contribution in [0.2, 0.25) is 0 Å². The van der Waals surface area contributed by atoms with Crippen molar-refractivity contribution in [3.05, 3.63) is 70.7 Å². The number of pyridine rings is 1. The molecular formula is C28H35N7O3S. The van der Waals surface area contributed by atoms with Gasteiger partial charge in [0.25, 0.3) is 5.91 Å². The maximum Gasteiger partial charge on any atom is 0.254 e. The van der Waals surface area contributed by atoms with Crippen LogP contribution in [0.15, 0.2) is 42.7 Å². The van der Waals surface area contributed by atoms with E-state index in [4.69, 9.17) is 4.98 Å². The second-order valence-corrected chi connectivity index (χ2v) is 12.5. The number of hydrogen-bond donors (Lipinski definition) is 2. The van der Waals surface area contributed by atoms with Crippen molar-refractivity contribution in [2.75, 3.05) is 29.4 Å². The van der Waals surface area contributed by atoms with Gasteiger partial charge in [-0.1, -0.05) is 6.07 Å². The number of amides is 1. The van der Waals surface area contributed by atoms with Crippen LogP contribution in [-0.2, 0) is 23.0 Å². The highest BCUT2D eigenvalue weighted by atomic mass is 32.2. The number of aromatic nitrogens is 3. The number of anilines is 3. The smallest absolute Gasteiger partial charge is 0.254 e. The van der Waals surface area contributed by atoms with Gasteiger partial charge in [0, 0.05) is 67.3 Å². The summed E-state index contributed by atoms with van der Waals surface area (Å²) in [5, 5.41) is 3.35. The van der Waals surface area contributed by atoms with E-state index in [1.165, 1.54) is 23.4 Å². The summed E-state index contributed by atoms with van der Waals surface area (Å²) in [6.45, 7) is 8.60. The van der Waals surface area contributed by atoms with Crippen molar-refractivity contribution in [1.29, 1.82) is 0 Å². The first-order valence-electron chi connectivity index (χ1n) is 13.2. The molecule has 2 atom stereocenters. The highest BCUT2D eigenvalue weighted by Crippen LogP contribution is 2.28. The van der Waals surface area contributed by atoms with Crippen LogP contribution >= 0.6 is 0 Å². The summed E-state index contributed by atoms with van der Waals surface area (Å²) in [5.41, 5.74) is 6.06. The number of benzene rings is 1. The Bertz CT molecular complexity index is 1470. The van der Waals surface area contributed by atoms with E-state index in [-0.39, 0.29) is 17.8 Å². The Balaban J connectivity index is 1.20. The SMILES string of the molecule is Cc1cc(C)cc(Nc2ncc3c(n2)CCN([C@@H]2CCN(C(=O)c4ccnc(NS(C)(=O)=O)c4)[C@H](C)C2)C3)c1. The Morgan fingerprint density at radius 1 is 1.08 bits per heavy atom. The lowest BCUT2D eigenvalue weighted by molar-refractivity contribution is 0.0441. The molecule has 0 unspecified atom stereocenters. The Hall–Kier alpha value is -3.57. The van der Waals surface area contributed by atoms with Gasteiger partial charge < -0.3 is 10.2 Å². The molecule has 2 aromatic heterocycles. The molecule has 3 aromatic rings.